The Morgan fingerprint density at radius 1 is 0.960 bits per heavy atom. The molecule has 3 nitrogen and oxygen atoms in total. The van der Waals surface area contributed by atoms with Crippen LogP contribution in [0.5, 0.6) is 0 Å². The number of halogens is 3. The summed E-state index contributed by atoms with van der Waals surface area (Å²) in [5.41, 5.74) is 0.0347. The largest absolute Gasteiger partial charge is 0.338 e. The Balaban J connectivity index is 1.76. The standard InChI is InChI=1S/C19H16F3NO2/c20-14-5-3-12(4-6-14)18(24)13-2-1-9-23(11-13)19(25)16-10-15(21)7-8-17(16)22/h3-8,10,13H,1-2,9,11H2. The first-order valence-electron chi connectivity index (χ1n) is 8.00. The monoisotopic (exact) mass is 347 g/mol. The van der Waals surface area contributed by atoms with E-state index in [0.29, 0.717) is 24.9 Å². The molecule has 0 N–H and O–H groups in total. The van der Waals surface area contributed by atoms with Crippen molar-refractivity contribution in [2.45, 2.75) is 12.8 Å². The van der Waals surface area contributed by atoms with Crippen LogP contribution in [0.2, 0.25) is 0 Å². The zero-order valence-corrected chi connectivity index (χ0v) is 13.3. The molecule has 1 amide bonds. The van der Waals surface area contributed by atoms with Gasteiger partial charge in [-0.3, -0.25) is 9.59 Å². The Bertz CT molecular complexity index is 805. The Kier molecular flexibility index (Phi) is 4.88. The average Bonchev–Trinajstić information content (AvgIpc) is 2.63. The fourth-order valence-corrected chi connectivity index (χ4v) is 3.06. The Labute approximate surface area is 143 Å². The zero-order valence-electron chi connectivity index (χ0n) is 13.3. The molecular formula is C19H16F3NO2. The lowest BCUT2D eigenvalue weighted by Gasteiger charge is -2.32. The molecular weight excluding hydrogens is 331 g/mol. The van der Waals surface area contributed by atoms with Gasteiger partial charge in [0.1, 0.15) is 17.5 Å². The van der Waals surface area contributed by atoms with E-state index < -0.39 is 29.3 Å². The third-order valence-electron chi connectivity index (χ3n) is 4.37. The number of rotatable bonds is 3. The van der Waals surface area contributed by atoms with E-state index in [2.05, 4.69) is 0 Å². The summed E-state index contributed by atoms with van der Waals surface area (Å²) in [5.74, 6) is -3.18. The van der Waals surface area contributed by atoms with Gasteiger partial charge in [-0.1, -0.05) is 0 Å². The van der Waals surface area contributed by atoms with Gasteiger partial charge < -0.3 is 4.90 Å². The number of piperidine rings is 1. The van der Waals surface area contributed by atoms with Crippen LogP contribution in [0.4, 0.5) is 13.2 Å². The van der Waals surface area contributed by atoms with Crippen LogP contribution >= 0.6 is 0 Å². The van der Waals surface area contributed by atoms with E-state index in [1.54, 1.807) is 0 Å². The van der Waals surface area contributed by atoms with Gasteiger partial charge in [-0.15, -0.1) is 0 Å². The second-order valence-electron chi connectivity index (χ2n) is 6.09. The number of benzene rings is 2. The van der Waals surface area contributed by atoms with E-state index in [4.69, 9.17) is 0 Å². The highest BCUT2D eigenvalue weighted by Crippen LogP contribution is 2.23. The van der Waals surface area contributed by atoms with Crippen LogP contribution in [0.3, 0.4) is 0 Å². The molecule has 1 aliphatic heterocycles. The highest BCUT2D eigenvalue weighted by atomic mass is 19.1. The van der Waals surface area contributed by atoms with E-state index in [1.807, 2.05) is 0 Å². The maximum Gasteiger partial charge on any atom is 0.256 e. The minimum atomic E-state index is -0.793. The molecule has 0 spiro atoms. The molecule has 1 atom stereocenters. The molecule has 0 saturated carbocycles. The second-order valence-corrected chi connectivity index (χ2v) is 6.09. The summed E-state index contributed by atoms with van der Waals surface area (Å²) in [6, 6.07) is 7.96. The van der Waals surface area contributed by atoms with Crippen LogP contribution in [-0.2, 0) is 0 Å². The number of Topliss-reactive ketones (excluding diaryl/α,β-unsaturated/α-hetero) is 1. The van der Waals surface area contributed by atoms with Crippen molar-refractivity contribution in [3.05, 3.63) is 71.0 Å². The van der Waals surface area contributed by atoms with Gasteiger partial charge in [0.25, 0.3) is 5.91 Å². The summed E-state index contributed by atoms with van der Waals surface area (Å²) in [7, 11) is 0. The van der Waals surface area contributed by atoms with Crippen LogP contribution in [0.1, 0.15) is 33.6 Å². The smallest absolute Gasteiger partial charge is 0.256 e. The number of ketones is 1. The van der Waals surface area contributed by atoms with Crippen LogP contribution in [0.25, 0.3) is 0 Å². The predicted octanol–water partition coefficient (Wildman–Crippen LogP) is 3.84. The van der Waals surface area contributed by atoms with Crippen molar-refractivity contribution in [3.63, 3.8) is 0 Å². The van der Waals surface area contributed by atoms with Crippen molar-refractivity contribution in [2.75, 3.05) is 13.1 Å². The first kappa shape index (κ1) is 17.2. The minimum absolute atomic E-state index is 0.130. The SMILES string of the molecule is O=C(c1ccc(F)cc1)C1CCCN(C(=O)c2cc(F)ccc2F)C1. The van der Waals surface area contributed by atoms with Gasteiger partial charge in [0, 0.05) is 24.6 Å². The van der Waals surface area contributed by atoms with Crippen molar-refractivity contribution < 1.29 is 22.8 Å². The number of hydrogen-bond acceptors (Lipinski definition) is 2. The fraction of sp³-hybridized carbons (Fsp3) is 0.263. The molecule has 2 aromatic carbocycles. The Hall–Kier alpha value is -2.63. The zero-order chi connectivity index (χ0) is 18.0. The summed E-state index contributed by atoms with van der Waals surface area (Å²) in [6.07, 6.45) is 1.17. The molecule has 130 valence electrons. The molecule has 0 aromatic heterocycles. The van der Waals surface area contributed by atoms with E-state index in [0.717, 1.165) is 18.2 Å². The number of carbonyl (C=O) groups is 2. The number of carbonyl (C=O) groups excluding carboxylic acids is 2. The first-order chi connectivity index (χ1) is 12.0. The molecule has 3 rings (SSSR count). The predicted molar refractivity (Wildman–Crippen MR) is 85.7 cm³/mol. The fourth-order valence-electron chi connectivity index (χ4n) is 3.06. The topological polar surface area (TPSA) is 37.4 Å². The van der Waals surface area contributed by atoms with Crippen molar-refractivity contribution >= 4 is 11.7 Å². The Morgan fingerprint density at radius 3 is 2.36 bits per heavy atom. The number of nitrogens with zero attached hydrogens (tertiary/aromatic N) is 1. The summed E-state index contributed by atoms with van der Waals surface area (Å²) < 4.78 is 40.1. The highest BCUT2D eigenvalue weighted by molar-refractivity contribution is 5.99. The number of hydrogen-bond donors (Lipinski definition) is 0. The van der Waals surface area contributed by atoms with Crippen molar-refractivity contribution in [3.8, 4) is 0 Å². The summed E-state index contributed by atoms with van der Waals surface area (Å²) >= 11 is 0. The minimum Gasteiger partial charge on any atom is -0.338 e. The first-order valence-corrected chi connectivity index (χ1v) is 8.00. The maximum atomic E-state index is 13.8. The lowest BCUT2D eigenvalue weighted by molar-refractivity contribution is 0.0633. The van der Waals surface area contributed by atoms with E-state index in [9.17, 15) is 22.8 Å². The summed E-state index contributed by atoms with van der Waals surface area (Å²) in [4.78, 5) is 26.4. The van der Waals surface area contributed by atoms with Crippen LogP contribution in [0.15, 0.2) is 42.5 Å². The van der Waals surface area contributed by atoms with Gasteiger partial charge in [0.05, 0.1) is 5.56 Å². The molecule has 1 unspecified atom stereocenters. The number of amides is 1. The van der Waals surface area contributed by atoms with Crippen LogP contribution in [-0.4, -0.2) is 29.7 Å². The second kappa shape index (κ2) is 7.09. The van der Waals surface area contributed by atoms with Gasteiger partial charge in [-0.25, -0.2) is 13.2 Å². The van der Waals surface area contributed by atoms with Crippen molar-refractivity contribution in [2.24, 2.45) is 5.92 Å². The lowest BCUT2D eigenvalue weighted by atomic mass is 9.89. The molecule has 0 bridgehead atoms. The molecule has 1 fully saturated rings. The van der Waals surface area contributed by atoms with Gasteiger partial charge in [-0.2, -0.15) is 0 Å². The molecule has 1 saturated heterocycles. The molecule has 6 heteroatoms. The van der Waals surface area contributed by atoms with Gasteiger partial charge in [0.15, 0.2) is 5.78 Å². The normalized spacial score (nSPS) is 17.4. The summed E-state index contributed by atoms with van der Waals surface area (Å²) in [5, 5.41) is 0. The Morgan fingerprint density at radius 2 is 1.64 bits per heavy atom. The molecule has 0 radical (unpaired) electrons. The molecule has 1 heterocycles. The van der Waals surface area contributed by atoms with Crippen molar-refractivity contribution in [1.82, 2.24) is 4.90 Å². The van der Waals surface area contributed by atoms with Crippen molar-refractivity contribution in [1.29, 1.82) is 0 Å². The lowest BCUT2D eigenvalue weighted by Crippen LogP contribution is -2.42. The molecule has 2 aromatic rings. The van der Waals surface area contributed by atoms with Gasteiger partial charge in [0.2, 0.25) is 0 Å². The third-order valence-corrected chi connectivity index (χ3v) is 4.37. The quantitative estimate of drug-likeness (QED) is 0.791. The van der Waals surface area contributed by atoms with E-state index >= 15 is 0 Å². The van der Waals surface area contributed by atoms with E-state index in [-0.39, 0.29) is 17.9 Å². The third kappa shape index (κ3) is 3.73. The molecule has 0 aliphatic carbocycles. The maximum absolute atomic E-state index is 13.8. The van der Waals surface area contributed by atoms with Crippen LogP contribution < -0.4 is 0 Å². The highest BCUT2D eigenvalue weighted by Gasteiger charge is 2.30. The average molecular weight is 347 g/mol. The van der Waals surface area contributed by atoms with Gasteiger partial charge in [-0.05, 0) is 55.3 Å². The van der Waals surface area contributed by atoms with Gasteiger partial charge >= 0.3 is 0 Å². The van der Waals surface area contributed by atoms with Crippen LogP contribution in [0, 0.1) is 23.4 Å². The number of likely N-dealkylation sites (tertiary alicyclic amines) is 1. The molecule has 25 heavy (non-hydrogen) atoms. The summed E-state index contributed by atoms with van der Waals surface area (Å²) in [6.45, 7) is 0.507. The molecule has 1 aliphatic rings. The van der Waals surface area contributed by atoms with E-state index in [1.165, 1.54) is 29.2 Å².